The third kappa shape index (κ3) is 4.06. The summed E-state index contributed by atoms with van der Waals surface area (Å²) in [6.45, 7) is 2.38. The standard InChI is InChI=1S/C15H20N2O3/c18-14(9-11-5-7-16-10-11)17-8-6-12-3-1-2-4-13(12)15(19)20/h1-4,11,16H,5-10H2,(H,17,18)(H,19,20). The van der Waals surface area contributed by atoms with Crippen LogP contribution in [0, 0.1) is 5.92 Å². The first kappa shape index (κ1) is 14.5. The smallest absolute Gasteiger partial charge is 0.335 e. The molecule has 5 nitrogen and oxygen atoms in total. The van der Waals surface area contributed by atoms with E-state index < -0.39 is 5.97 Å². The molecule has 1 aromatic carbocycles. The van der Waals surface area contributed by atoms with Gasteiger partial charge in [-0.05, 0) is 43.5 Å². The van der Waals surface area contributed by atoms with Gasteiger partial charge in [-0.3, -0.25) is 4.79 Å². The van der Waals surface area contributed by atoms with Crippen molar-refractivity contribution in [1.82, 2.24) is 10.6 Å². The summed E-state index contributed by atoms with van der Waals surface area (Å²) in [5.41, 5.74) is 1.06. The third-order valence-corrected chi connectivity index (χ3v) is 3.60. The Balaban J connectivity index is 1.78. The number of hydrogen-bond donors (Lipinski definition) is 3. The summed E-state index contributed by atoms with van der Waals surface area (Å²) in [4.78, 5) is 22.8. The molecule has 3 N–H and O–H groups in total. The molecule has 2 rings (SSSR count). The van der Waals surface area contributed by atoms with Gasteiger partial charge in [0, 0.05) is 13.0 Å². The Kier molecular flexibility index (Phi) is 5.12. The molecule has 1 fully saturated rings. The Hall–Kier alpha value is -1.88. The van der Waals surface area contributed by atoms with Crippen molar-refractivity contribution in [3.8, 4) is 0 Å². The average molecular weight is 276 g/mol. The van der Waals surface area contributed by atoms with E-state index in [9.17, 15) is 9.59 Å². The summed E-state index contributed by atoms with van der Waals surface area (Å²) < 4.78 is 0. The monoisotopic (exact) mass is 276 g/mol. The van der Waals surface area contributed by atoms with E-state index in [0.29, 0.717) is 30.9 Å². The summed E-state index contributed by atoms with van der Waals surface area (Å²) >= 11 is 0. The van der Waals surface area contributed by atoms with Crippen LogP contribution in [0.15, 0.2) is 24.3 Å². The van der Waals surface area contributed by atoms with Gasteiger partial charge in [-0.25, -0.2) is 4.79 Å². The second kappa shape index (κ2) is 7.05. The Morgan fingerprint density at radius 2 is 2.15 bits per heavy atom. The van der Waals surface area contributed by atoms with Gasteiger partial charge in [0.15, 0.2) is 0 Å². The highest BCUT2D eigenvalue weighted by atomic mass is 16.4. The van der Waals surface area contributed by atoms with Gasteiger partial charge in [-0.1, -0.05) is 18.2 Å². The van der Waals surface area contributed by atoms with Crippen molar-refractivity contribution in [2.24, 2.45) is 5.92 Å². The fraction of sp³-hybridized carbons (Fsp3) is 0.467. The molecule has 0 saturated carbocycles. The number of carbonyl (C=O) groups excluding carboxylic acids is 1. The molecule has 0 radical (unpaired) electrons. The Morgan fingerprint density at radius 3 is 2.85 bits per heavy atom. The van der Waals surface area contributed by atoms with Crippen molar-refractivity contribution in [3.05, 3.63) is 35.4 Å². The molecular formula is C15H20N2O3. The lowest BCUT2D eigenvalue weighted by Crippen LogP contribution is -2.28. The number of benzene rings is 1. The predicted molar refractivity (Wildman–Crippen MR) is 75.7 cm³/mol. The Bertz CT molecular complexity index is 482. The van der Waals surface area contributed by atoms with E-state index in [1.54, 1.807) is 18.2 Å². The van der Waals surface area contributed by atoms with Gasteiger partial charge >= 0.3 is 5.97 Å². The maximum absolute atomic E-state index is 11.8. The minimum absolute atomic E-state index is 0.0477. The molecule has 108 valence electrons. The largest absolute Gasteiger partial charge is 0.478 e. The van der Waals surface area contributed by atoms with Crippen molar-refractivity contribution < 1.29 is 14.7 Å². The van der Waals surface area contributed by atoms with E-state index in [1.165, 1.54) is 0 Å². The van der Waals surface area contributed by atoms with Crippen LogP contribution in [0.2, 0.25) is 0 Å². The minimum atomic E-state index is -0.927. The number of carbonyl (C=O) groups is 2. The highest BCUT2D eigenvalue weighted by molar-refractivity contribution is 5.89. The highest BCUT2D eigenvalue weighted by Gasteiger charge is 2.17. The molecule has 1 heterocycles. The molecular weight excluding hydrogens is 256 g/mol. The molecule has 1 unspecified atom stereocenters. The highest BCUT2D eigenvalue weighted by Crippen LogP contribution is 2.12. The molecule has 1 aliphatic rings. The first-order valence-electron chi connectivity index (χ1n) is 6.95. The van der Waals surface area contributed by atoms with Crippen molar-refractivity contribution in [2.75, 3.05) is 19.6 Å². The van der Waals surface area contributed by atoms with Gasteiger partial charge in [-0.15, -0.1) is 0 Å². The summed E-state index contributed by atoms with van der Waals surface area (Å²) in [6, 6.07) is 6.90. The van der Waals surface area contributed by atoms with Gasteiger partial charge in [0.1, 0.15) is 0 Å². The van der Waals surface area contributed by atoms with Crippen molar-refractivity contribution in [3.63, 3.8) is 0 Å². The van der Waals surface area contributed by atoms with Crippen LogP contribution in [0.3, 0.4) is 0 Å². The second-order valence-electron chi connectivity index (χ2n) is 5.13. The predicted octanol–water partition coefficient (Wildman–Crippen LogP) is 1.04. The van der Waals surface area contributed by atoms with Crippen molar-refractivity contribution in [2.45, 2.75) is 19.3 Å². The molecule has 1 atom stereocenters. The van der Waals surface area contributed by atoms with Crippen LogP contribution in [0.25, 0.3) is 0 Å². The second-order valence-corrected chi connectivity index (χ2v) is 5.13. The van der Waals surface area contributed by atoms with Crippen molar-refractivity contribution >= 4 is 11.9 Å². The van der Waals surface area contributed by atoms with E-state index in [-0.39, 0.29) is 5.91 Å². The molecule has 0 aromatic heterocycles. The van der Waals surface area contributed by atoms with E-state index >= 15 is 0 Å². The van der Waals surface area contributed by atoms with Crippen LogP contribution in [0.4, 0.5) is 0 Å². The van der Waals surface area contributed by atoms with Crippen LogP contribution < -0.4 is 10.6 Å². The van der Waals surface area contributed by atoms with Crippen LogP contribution in [-0.2, 0) is 11.2 Å². The van der Waals surface area contributed by atoms with Crippen LogP contribution in [0.1, 0.15) is 28.8 Å². The zero-order valence-electron chi connectivity index (χ0n) is 11.4. The lowest BCUT2D eigenvalue weighted by atomic mass is 10.0. The van der Waals surface area contributed by atoms with Crippen LogP contribution >= 0.6 is 0 Å². The minimum Gasteiger partial charge on any atom is -0.478 e. The first-order chi connectivity index (χ1) is 9.66. The summed E-state index contributed by atoms with van der Waals surface area (Å²) in [6.07, 6.45) is 2.14. The topological polar surface area (TPSA) is 78.4 Å². The number of nitrogens with one attached hydrogen (secondary N) is 2. The fourth-order valence-electron chi connectivity index (χ4n) is 2.51. The summed E-state index contributed by atoms with van der Waals surface area (Å²) in [7, 11) is 0. The number of rotatable bonds is 6. The number of aromatic carboxylic acids is 1. The molecule has 0 aliphatic carbocycles. The Morgan fingerprint density at radius 1 is 1.35 bits per heavy atom. The zero-order chi connectivity index (χ0) is 14.4. The lowest BCUT2D eigenvalue weighted by molar-refractivity contribution is -0.121. The van der Waals surface area contributed by atoms with Gasteiger partial charge in [0.2, 0.25) is 5.91 Å². The average Bonchev–Trinajstić information content (AvgIpc) is 2.92. The van der Waals surface area contributed by atoms with E-state index in [4.69, 9.17) is 5.11 Å². The molecule has 1 aromatic rings. The molecule has 0 bridgehead atoms. The van der Waals surface area contributed by atoms with E-state index in [2.05, 4.69) is 10.6 Å². The SMILES string of the molecule is O=C(CC1CCNC1)NCCc1ccccc1C(=O)O. The molecule has 0 spiro atoms. The first-order valence-corrected chi connectivity index (χ1v) is 6.95. The van der Waals surface area contributed by atoms with E-state index in [0.717, 1.165) is 25.1 Å². The van der Waals surface area contributed by atoms with Crippen LogP contribution in [-0.4, -0.2) is 36.6 Å². The number of carboxylic acids is 1. The quantitative estimate of drug-likeness (QED) is 0.725. The maximum atomic E-state index is 11.8. The molecule has 1 amide bonds. The van der Waals surface area contributed by atoms with Gasteiger partial charge in [0.25, 0.3) is 0 Å². The van der Waals surface area contributed by atoms with Gasteiger partial charge < -0.3 is 15.7 Å². The lowest BCUT2D eigenvalue weighted by Gasteiger charge is -2.10. The normalized spacial score (nSPS) is 17.9. The maximum Gasteiger partial charge on any atom is 0.335 e. The van der Waals surface area contributed by atoms with Gasteiger partial charge in [-0.2, -0.15) is 0 Å². The molecule has 20 heavy (non-hydrogen) atoms. The summed E-state index contributed by atoms with van der Waals surface area (Å²) in [5, 5.41) is 15.2. The number of hydrogen-bond acceptors (Lipinski definition) is 3. The summed E-state index contributed by atoms with van der Waals surface area (Å²) in [5.74, 6) is -0.447. The van der Waals surface area contributed by atoms with Crippen molar-refractivity contribution in [1.29, 1.82) is 0 Å². The van der Waals surface area contributed by atoms with Gasteiger partial charge in [0.05, 0.1) is 5.56 Å². The fourth-order valence-corrected chi connectivity index (χ4v) is 2.51. The number of amides is 1. The van der Waals surface area contributed by atoms with Crippen LogP contribution in [0.5, 0.6) is 0 Å². The molecule has 5 heteroatoms. The third-order valence-electron chi connectivity index (χ3n) is 3.60. The zero-order valence-corrected chi connectivity index (χ0v) is 11.4. The Labute approximate surface area is 118 Å². The molecule has 1 aliphatic heterocycles. The molecule has 1 saturated heterocycles. The number of carboxylic acid groups (broad SMARTS) is 1. The van der Waals surface area contributed by atoms with E-state index in [1.807, 2.05) is 6.07 Å².